The van der Waals surface area contributed by atoms with Gasteiger partial charge < -0.3 is 9.64 Å². The Morgan fingerprint density at radius 3 is 2.72 bits per heavy atom. The number of para-hydroxylation sites is 1. The largest absolute Gasteiger partial charge is 0.383 e. The van der Waals surface area contributed by atoms with Gasteiger partial charge in [-0.1, -0.05) is 18.2 Å². The van der Waals surface area contributed by atoms with Gasteiger partial charge in [-0.15, -0.1) is 5.10 Å². The fourth-order valence-electron chi connectivity index (χ4n) is 4.30. The van der Waals surface area contributed by atoms with E-state index in [4.69, 9.17) is 4.74 Å². The Balaban J connectivity index is 1.35. The van der Waals surface area contributed by atoms with Crippen molar-refractivity contribution in [3.05, 3.63) is 58.5 Å². The van der Waals surface area contributed by atoms with Crippen LogP contribution in [-0.2, 0) is 11.3 Å². The second-order valence-electron chi connectivity index (χ2n) is 8.40. The second-order valence-corrected chi connectivity index (χ2v) is 8.40. The van der Waals surface area contributed by atoms with Gasteiger partial charge >= 0.3 is 5.69 Å². The molecule has 1 saturated heterocycles. The van der Waals surface area contributed by atoms with Crippen LogP contribution in [0.25, 0.3) is 5.69 Å². The van der Waals surface area contributed by atoms with E-state index < -0.39 is 0 Å². The predicted molar refractivity (Wildman–Crippen MR) is 116 cm³/mol. The Morgan fingerprint density at radius 1 is 1.16 bits per heavy atom. The third-order valence-electron chi connectivity index (χ3n) is 6.09. The molecule has 3 aromatic rings. The third kappa shape index (κ3) is 3.97. The molecule has 1 aliphatic carbocycles. The number of likely N-dealkylation sites (tertiary alicyclic amines) is 1. The average molecular weight is 438 g/mol. The van der Waals surface area contributed by atoms with Gasteiger partial charge in [0.1, 0.15) is 5.82 Å². The van der Waals surface area contributed by atoms with Crippen LogP contribution in [0.3, 0.4) is 0 Å². The molecule has 1 aliphatic heterocycles. The second kappa shape index (κ2) is 8.70. The number of piperidine rings is 1. The molecular formula is C22H27N7O3. The van der Waals surface area contributed by atoms with E-state index in [1.807, 2.05) is 39.8 Å². The fraction of sp³-hybridized carbons (Fsp3) is 0.500. The molecule has 5 rings (SSSR count). The molecule has 0 radical (unpaired) electrons. The van der Waals surface area contributed by atoms with Gasteiger partial charge in [-0.3, -0.25) is 9.36 Å². The number of nitrogens with zero attached hydrogens (tertiary/aromatic N) is 7. The van der Waals surface area contributed by atoms with E-state index in [0.29, 0.717) is 31.9 Å². The molecule has 32 heavy (non-hydrogen) atoms. The molecule has 1 unspecified atom stereocenters. The van der Waals surface area contributed by atoms with Crippen molar-refractivity contribution in [3.8, 4) is 5.69 Å². The average Bonchev–Trinajstić information content (AvgIpc) is 3.44. The number of aromatic nitrogens is 6. The number of hydrogen-bond acceptors (Lipinski definition) is 6. The van der Waals surface area contributed by atoms with Crippen LogP contribution in [0.4, 0.5) is 0 Å². The van der Waals surface area contributed by atoms with Gasteiger partial charge in [0.25, 0.3) is 5.91 Å². The summed E-state index contributed by atoms with van der Waals surface area (Å²) in [6.07, 6.45) is 5.27. The summed E-state index contributed by atoms with van der Waals surface area (Å²) in [6, 6.07) is 9.74. The normalized spacial score (nSPS) is 18.8. The van der Waals surface area contributed by atoms with E-state index in [9.17, 15) is 9.59 Å². The lowest BCUT2D eigenvalue weighted by Crippen LogP contribution is -2.40. The van der Waals surface area contributed by atoms with Gasteiger partial charge in [0.15, 0.2) is 5.69 Å². The van der Waals surface area contributed by atoms with Crippen LogP contribution in [0.5, 0.6) is 0 Å². The van der Waals surface area contributed by atoms with Gasteiger partial charge in [0.2, 0.25) is 0 Å². The van der Waals surface area contributed by atoms with Gasteiger partial charge in [0.05, 0.1) is 25.0 Å². The van der Waals surface area contributed by atoms with Crippen molar-refractivity contribution in [2.45, 2.75) is 44.2 Å². The van der Waals surface area contributed by atoms with E-state index in [-0.39, 0.29) is 23.6 Å². The van der Waals surface area contributed by atoms with Crippen molar-refractivity contribution in [2.75, 3.05) is 26.8 Å². The molecule has 2 aliphatic rings. The summed E-state index contributed by atoms with van der Waals surface area (Å²) < 4.78 is 8.48. The quantitative estimate of drug-likeness (QED) is 0.557. The van der Waals surface area contributed by atoms with Crippen molar-refractivity contribution in [1.82, 2.24) is 34.2 Å². The minimum Gasteiger partial charge on any atom is -0.383 e. The highest BCUT2D eigenvalue weighted by molar-refractivity contribution is 5.92. The van der Waals surface area contributed by atoms with Gasteiger partial charge in [-0.25, -0.2) is 9.48 Å². The van der Waals surface area contributed by atoms with Crippen LogP contribution in [-0.4, -0.2) is 67.0 Å². The number of methoxy groups -OCH3 is 1. The molecule has 10 heteroatoms. The van der Waals surface area contributed by atoms with Crippen LogP contribution < -0.4 is 5.69 Å². The summed E-state index contributed by atoms with van der Waals surface area (Å²) in [6.45, 7) is 2.05. The molecule has 0 bridgehead atoms. The fourth-order valence-corrected chi connectivity index (χ4v) is 4.30. The zero-order chi connectivity index (χ0) is 22.1. The Labute approximate surface area is 185 Å². The van der Waals surface area contributed by atoms with E-state index >= 15 is 0 Å². The Bertz CT molecular complexity index is 1150. The molecule has 2 fully saturated rings. The number of ether oxygens (including phenoxy) is 1. The topological polar surface area (TPSA) is 100 Å². The molecule has 1 atom stereocenters. The highest BCUT2D eigenvalue weighted by atomic mass is 16.5. The molecule has 1 amide bonds. The summed E-state index contributed by atoms with van der Waals surface area (Å²) in [4.78, 5) is 29.3. The highest BCUT2D eigenvalue weighted by Crippen LogP contribution is 2.37. The summed E-state index contributed by atoms with van der Waals surface area (Å²) in [5, 5.41) is 13.3. The minimum atomic E-state index is -0.143. The maximum absolute atomic E-state index is 13.2. The van der Waals surface area contributed by atoms with Crippen molar-refractivity contribution < 1.29 is 9.53 Å². The Kier molecular flexibility index (Phi) is 5.60. The SMILES string of the molecule is COCCn1nc(C2CCCN(C(=O)c3cnn(-c4ccccc4)n3)C2)n(C2CC2)c1=O. The number of rotatable bonds is 7. The zero-order valence-electron chi connectivity index (χ0n) is 18.1. The molecule has 2 aromatic heterocycles. The summed E-state index contributed by atoms with van der Waals surface area (Å²) in [5.74, 6) is 0.670. The summed E-state index contributed by atoms with van der Waals surface area (Å²) in [7, 11) is 1.61. The molecule has 10 nitrogen and oxygen atoms in total. The van der Waals surface area contributed by atoms with Crippen molar-refractivity contribution in [3.63, 3.8) is 0 Å². The maximum atomic E-state index is 13.2. The van der Waals surface area contributed by atoms with E-state index in [1.165, 1.54) is 15.7 Å². The van der Waals surface area contributed by atoms with Gasteiger partial charge in [-0.05, 0) is 37.8 Å². The van der Waals surface area contributed by atoms with Crippen LogP contribution >= 0.6 is 0 Å². The zero-order valence-corrected chi connectivity index (χ0v) is 18.1. The Hall–Kier alpha value is -3.27. The van der Waals surface area contributed by atoms with Crippen LogP contribution in [0.1, 0.15) is 54.0 Å². The first-order chi connectivity index (χ1) is 15.7. The maximum Gasteiger partial charge on any atom is 0.346 e. The lowest BCUT2D eigenvalue weighted by molar-refractivity contribution is 0.0696. The first-order valence-corrected chi connectivity index (χ1v) is 11.1. The lowest BCUT2D eigenvalue weighted by atomic mass is 9.97. The highest BCUT2D eigenvalue weighted by Gasteiger charge is 2.35. The van der Waals surface area contributed by atoms with E-state index in [1.54, 1.807) is 7.11 Å². The smallest absolute Gasteiger partial charge is 0.346 e. The number of carbonyl (C=O) groups is 1. The third-order valence-corrected chi connectivity index (χ3v) is 6.09. The first kappa shape index (κ1) is 20.6. The molecule has 3 heterocycles. The Morgan fingerprint density at radius 2 is 1.97 bits per heavy atom. The van der Waals surface area contributed by atoms with Crippen molar-refractivity contribution >= 4 is 5.91 Å². The number of amides is 1. The van der Waals surface area contributed by atoms with Crippen LogP contribution in [0.15, 0.2) is 41.3 Å². The van der Waals surface area contributed by atoms with E-state index in [0.717, 1.165) is 37.2 Å². The predicted octanol–water partition coefficient (Wildman–Crippen LogP) is 1.63. The molecule has 1 aromatic carbocycles. The number of benzene rings is 1. The van der Waals surface area contributed by atoms with Crippen LogP contribution in [0, 0.1) is 0 Å². The number of hydrogen-bond donors (Lipinski definition) is 0. The summed E-state index contributed by atoms with van der Waals surface area (Å²) in [5.41, 5.74) is 1.05. The van der Waals surface area contributed by atoms with Crippen LogP contribution in [0.2, 0.25) is 0 Å². The molecule has 0 spiro atoms. The van der Waals surface area contributed by atoms with Gasteiger partial charge in [-0.2, -0.15) is 15.0 Å². The standard InChI is InChI=1S/C22H27N7O3/c1-32-13-12-27-22(31)28(17-9-10-17)20(25-27)16-6-5-11-26(15-16)21(30)19-14-23-29(24-19)18-7-3-2-4-8-18/h2-4,7-8,14,16-17H,5-6,9-13,15H2,1H3. The monoisotopic (exact) mass is 437 g/mol. The molecule has 0 N–H and O–H groups in total. The molecular weight excluding hydrogens is 410 g/mol. The summed E-state index contributed by atoms with van der Waals surface area (Å²) >= 11 is 0. The first-order valence-electron chi connectivity index (χ1n) is 11.1. The molecule has 1 saturated carbocycles. The van der Waals surface area contributed by atoms with Gasteiger partial charge in [0, 0.05) is 32.2 Å². The number of carbonyl (C=O) groups excluding carboxylic acids is 1. The van der Waals surface area contributed by atoms with Crippen molar-refractivity contribution in [1.29, 1.82) is 0 Å². The molecule has 168 valence electrons. The lowest BCUT2D eigenvalue weighted by Gasteiger charge is -2.31. The van der Waals surface area contributed by atoms with Crippen molar-refractivity contribution in [2.24, 2.45) is 0 Å². The van der Waals surface area contributed by atoms with E-state index in [2.05, 4.69) is 15.3 Å². The minimum absolute atomic E-state index is 0.0222.